The molecule has 8 heteroatoms. The summed E-state index contributed by atoms with van der Waals surface area (Å²) in [6.45, 7) is -0.498. The minimum atomic E-state index is -1.08. The molecule has 1 aromatic rings. The zero-order valence-electron chi connectivity index (χ0n) is 7.78. The van der Waals surface area contributed by atoms with Gasteiger partial charge in [-0.15, -0.1) is 0 Å². The van der Waals surface area contributed by atoms with Crippen molar-refractivity contribution in [1.82, 2.24) is 0 Å². The number of ether oxygens (including phenoxy) is 1. The number of nitro benzene ring substituents is 1. The Labute approximate surface area is 93.9 Å². The van der Waals surface area contributed by atoms with Crippen LogP contribution in [0.4, 0.5) is 10.1 Å². The van der Waals surface area contributed by atoms with Crippen LogP contribution in [-0.2, 0) is 4.79 Å². The molecule has 1 rings (SSSR count). The third-order valence-electron chi connectivity index (χ3n) is 1.57. The first-order valence-corrected chi connectivity index (χ1v) is 4.34. The highest BCUT2D eigenvalue weighted by Crippen LogP contribution is 2.31. The van der Waals surface area contributed by atoms with Crippen molar-refractivity contribution in [2.75, 3.05) is 6.61 Å². The number of carbonyl (C=O) groups is 1. The summed E-state index contributed by atoms with van der Waals surface area (Å²) in [5.41, 5.74) is 4.02. The Kier molecular flexibility index (Phi) is 3.62. The summed E-state index contributed by atoms with van der Waals surface area (Å²) in [6.07, 6.45) is 0. The van der Waals surface area contributed by atoms with E-state index in [-0.39, 0.29) is 10.8 Å². The van der Waals surface area contributed by atoms with Crippen LogP contribution in [0.25, 0.3) is 0 Å². The number of hydrogen-bond donors (Lipinski definition) is 1. The molecule has 16 heavy (non-hydrogen) atoms. The van der Waals surface area contributed by atoms with E-state index < -0.39 is 28.9 Å². The van der Waals surface area contributed by atoms with Crippen molar-refractivity contribution in [3.63, 3.8) is 0 Å². The largest absolute Gasteiger partial charge is 0.482 e. The van der Waals surface area contributed by atoms with E-state index in [0.717, 1.165) is 12.1 Å². The van der Waals surface area contributed by atoms with Crippen molar-refractivity contribution < 1.29 is 18.8 Å². The molecule has 0 heterocycles. The van der Waals surface area contributed by atoms with Crippen molar-refractivity contribution in [2.24, 2.45) is 5.73 Å². The van der Waals surface area contributed by atoms with Crippen molar-refractivity contribution >= 4 is 23.2 Å². The Balaban J connectivity index is 3.05. The number of amides is 1. The molecule has 1 aromatic carbocycles. The van der Waals surface area contributed by atoms with Crippen LogP contribution in [0.15, 0.2) is 12.1 Å². The smallest absolute Gasteiger partial charge is 0.308 e. The van der Waals surface area contributed by atoms with Gasteiger partial charge in [-0.25, -0.2) is 0 Å². The van der Waals surface area contributed by atoms with Crippen LogP contribution >= 0.6 is 11.6 Å². The van der Waals surface area contributed by atoms with E-state index in [1.54, 1.807) is 0 Å². The fraction of sp³-hybridized carbons (Fsp3) is 0.125. The van der Waals surface area contributed by atoms with E-state index in [4.69, 9.17) is 22.1 Å². The van der Waals surface area contributed by atoms with Gasteiger partial charge in [0.1, 0.15) is 5.75 Å². The third-order valence-corrected chi connectivity index (χ3v) is 1.86. The summed E-state index contributed by atoms with van der Waals surface area (Å²) < 4.78 is 17.8. The van der Waals surface area contributed by atoms with E-state index in [1.807, 2.05) is 0 Å². The minimum absolute atomic E-state index is 0.173. The fourth-order valence-corrected chi connectivity index (χ4v) is 1.12. The van der Waals surface area contributed by atoms with Crippen LogP contribution in [0.3, 0.4) is 0 Å². The van der Waals surface area contributed by atoms with E-state index in [1.165, 1.54) is 0 Å². The zero-order valence-corrected chi connectivity index (χ0v) is 8.53. The average molecular weight is 249 g/mol. The Bertz CT molecular complexity index is 452. The Hall–Kier alpha value is -1.89. The summed E-state index contributed by atoms with van der Waals surface area (Å²) >= 11 is 5.55. The SMILES string of the molecule is NC(=O)COc1cc([N+](=O)[O-])c(F)cc1Cl. The number of hydrogen-bond acceptors (Lipinski definition) is 4. The lowest BCUT2D eigenvalue weighted by Gasteiger charge is -2.05. The molecular weight excluding hydrogens is 243 g/mol. The Morgan fingerprint density at radius 2 is 2.25 bits per heavy atom. The Morgan fingerprint density at radius 1 is 1.62 bits per heavy atom. The van der Waals surface area contributed by atoms with E-state index >= 15 is 0 Å². The second kappa shape index (κ2) is 4.75. The summed E-state index contributed by atoms with van der Waals surface area (Å²) in [6, 6.07) is 1.52. The molecule has 0 spiro atoms. The quantitative estimate of drug-likeness (QED) is 0.641. The topological polar surface area (TPSA) is 95.5 Å². The number of nitro groups is 1. The molecule has 1 amide bonds. The summed E-state index contributed by atoms with van der Waals surface area (Å²) in [5.74, 6) is -2.03. The average Bonchev–Trinajstić information content (AvgIpc) is 2.15. The van der Waals surface area contributed by atoms with Crippen LogP contribution in [0.1, 0.15) is 0 Å². The maximum absolute atomic E-state index is 13.0. The highest BCUT2D eigenvalue weighted by molar-refractivity contribution is 6.32. The molecule has 0 aliphatic heterocycles. The van der Waals surface area contributed by atoms with Crippen molar-refractivity contribution in [2.45, 2.75) is 0 Å². The lowest BCUT2D eigenvalue weighted by Crippen LogP contribution is -2.20. The monoisotopic (exact) mass is 248 g/mol. The predicted octanol–water partition coefficient (Wildman–Crippen LogP) is 1.25. The predicted molar refractivity (Wildman–Crippen MR) is 52.8 cm³/mol. The Morgan fingerprint density at radius 3 is 2.75 bits per heavy atom. The number of nitrogens with zero attached hydrogens (tertiary/aromatic N) is 1. The molecule has 86 valence electrons. The first-order valence-electron chi connectivity index (χ1n) is 3.96. The second-order valence-electron chi connectivity index (χ2n) is 2.75. The molecule has 0 radical (unpaired) electrons. The minimum Gasteiger partial charge on any atom is -0.482 e. The first kappa shape index (κ1) is 12.2. The van der Waals surface area contributed by atoms with Gasteiger partial charge in [0, 0.05) is 6.07 Å². The van der Waals surface area contributed by atoms with Crippen LogP contribution in [0, 0.1) is 15.9 Å². The molecular formula is C8H6ClFN2O4. The van der Waals surface area contributed by atoms with Crippen LogP contribution < -0.4 is 10.5 Å². The van der Waals surface area contributed by atoms with E-state index in [0.29, 0.717) is 0 Å². The molecule has 0 aliphatic carbocycles. The van der Waals surface area contributed by atoms with Gasteiger partial charge in [0.25, 0.3) is 5.91 Å². The second-order valence-corrected chi connectivity index (χ2v) is 3.15. The maximum Gasteiger partial charge on any atom is 0.308 e. The van der Waals surface area contributed by atoms with Crippen LogP contribution in [0.5, 0.6) is 5.75 Å². The molecule has 0 atom stereocenters. The molecule has 0 saturated carbocycles. The summed E-state index contributed by atoms with van der Waals surface area (Å²) in [5, 5.41) is 10.2. The van der Waals surface area contributed by atoms with Crippen molar-refractivity contribution in [3.05, 3.63) is 33.1 Å². The van der Waals surface area contributed by atoms with Gasteiger partial charge in [-0.2, -0.15) is 4.39 Å². The van der Waals surface area contributed by atoms with Crippen molar-refractivity contribution in [1.29, 1.82) is 0 Å². The van der Waals surface area contributed by atoms with Gasteiger partial charge >= 0.3 is 5.69 Å². The number of rotatable bonds is 4. The van der Waals surface area contributed by atoms with Gasteiger partial charge in [-0.3, -0.25) is 14.9 Å². The normalized spacial score (nSPS) is 9.88. The van der Waals surface area contributed by atoms with E-state index in [9.17, 15) is 19.3 Å². The number of carbonyl (C=O) groups excluding carboxylic acids is 1. The van der Waals surface area contributed by atoms with E-state index in [2.05, 4.69) is 0 Å². The summed E-state index contributed by atoms with van der Waals surface area (Å²) in [7, 11) is 0. The number of primary amides is 1. The lowest BCUT2D eigenvalue weighted by molar-refractivity contribution is -0.387. The molecule has 0 saturated heterocycles. The van der Waals surface area contributed by atoms with Gasteiger partial charge in [0.05, 0.1) is 16.0 Å². The highest BCUT2D eigenvalue weighted by Gasteiger charge is 2.18. The van der Waals surface area contributed by atoms with Crippen molar-refractivity contribution in [3.8, 4) is 5.75 Å². The highest BCUT2D eigenvalue weighted by atomic mass is 35.5. The molecule has 0 aromatic heterocycles. The van der Waals surface area contributed by atoms with Gasteiger partial charge in [-0.05, 0) is 0 Å². The summed E-state index contributed by atoms with van der Waals surface area (Å²) in [4.78, 5) is 19.9. The third kappa shape index (κ3) is 2.80. The van der Waals surface area contributed by atoms with Gasteiger partial charge < -0.3 is 10.5 Å². The standard InChI is InChI=1S/C8H6ClFN2O4/c9-4-1-5(10)6(12(14)15)2-7(4)16-3-8(11)13/h1-2H,3H2,(H2,11,13). The first-order chi connectivity index (χ1) is 7.41. The molecule has 0 bridgehead atoms. The lowest BCUT2D eigenvalue weighted by atomic mass is 10.3. The number of benzene rings is 1. The molecule has 0 fully saturated rings. The van der Waals surface area contributed by atoms with Gasteiger partial charge in [0.15, 0.2) is 6.61 Å². The zero-order chi connectivity index (χ0) is 12.3. The van der Waals surface area contributed by atoms with Crippen LogP contribution in [-0.4, -0.2) is 17.4 Å². The molecule has 6 nitrogen and oxygen atoms in total. The molecule has 0 unspecified atom stereocenters. The van der Waals surface area contributed by atoms with Gasteiger partial charge in [0.2, 0.25) is 5.82 Å². The maximum atomic E-state index is 13.0. The fourth-order valence-electron chi connectivity index (χ4n) is 0.918. The number of nitrogens with two attached hydrogens (primary N) is 1. The number of halogens is 2. The van der Waals surface area contributed by atoms with Gasteiger partial charge in [-0.1, -0.05) is 11.6 Å². The molecule has 2 N–H and O–H groups in total. The molecule has 0 aliphatic rings. The van der Waals surface area contributed by atoms with Crippen LogP contribution in [0.2, 0.25) is 5.02 Å².